The van der Waals surface area contributed by atoms with Gasteiger partial charge in [0.2, 0.25) is 5.95 Å². The van der Waals surface area contributed by atoms with Crippen molar-refractivity contribution in [1.82, 2.24) is 14.9 Å². The van der Waals surface area contributed by atoms with Crippen LogP contribution in [0.15, 0.2) is 30.1 Å². The summed E-state index contributed by atoms with van der Waals surface area (Å²) in [5.41, 5.74) is 0.654. The quantitative estimate of drug-likeness (QED) is 0.596. The Morgan fingerprint density at radius 2 is 1.95 bits per heavy atom. The second-order valence-electron chi connectivity index (χ2n) is 4.72. The van der Waals surface area contributed by atoms with E-state index in [-0.39, 0.29) is 5.97 Å². The predicted octanol–water partition coefficient (Wildman–Crippen LogP) is 0.718. The van der Waals surface area contributed by atoms with Gasteiger partial charge in [-0.15, -0.1) is 0 Å². The fourth-order valence-corrected chi connectivity index (χ4v) is 2.10. The molecule has 0 radical (unpaired) electrons. The molecule has 0 aliphatic carbocycles. The number of piperazine rings is 1. The van der Waals surface area contributed by atoms with Crippen LogP contribution in [-0.2, 0) is 9.53 Å². The number of ether oxygens (including phenoxy) is 1. The number of anilines is 1. The summed E-state index contributed by atoms with van der Waals surface area (Å²) in [7, 11) is 1.40. The summed E-state index contributed by atoms with van der Waals surface area (Å²) in [6.07, 6.45) is 5.44. The van der Waals surface area contributed by atoms with Crippen LogP contribution in [0.5, 0.6) is 0 Å². The summed E-state index contributed by atoms with van der Waals surface area (Å²) in [4.78, 5) is 24.3. The van der Waals surface area contributed by atoms with Gasteiger partial charge in [-0.3, -0.25) is 4.90 Å². The first-order valence-electron chi connectivity index (χ1n) is 6.70. The molecule has 1 aromatic rings. The van der Waals surface area contributed by atoms with Gasteiger partial charge in [-0.2, -0.15) is 0 Å². The largest absolute Gasteiger partial charge is 0.466 e. The molecule has 0 atom stereocenters. The minimum atomic E-state index is -0.263. The zero-order valence-electron chi connectivity index (χ0n) is 12.0. The molecule has 108 valence electrons. The van der Waals surface area contributed by atoms with Crippen LogP contribution < -0.4 is 4.90 Å². The number of aromatic nitrogens is 2. The van der Waals surface area contributed by atoms with Crippen molar-refractivity contribution < 1.29 is 9.53 Å². The van der Waals surface area contributed by atoms with Crippen LogP contribution in [0.2, 0.25) is 0 Å². The minimum absolute atomic E-state index is 0.263. The van der Waals surface area contributed by atoms with Crippen LogP contribution in [-0.4, -0.2) is 60.7 Å². The van der Waals surface area contributed by atoms with Gasteiger partial charge >= 0.3 is 5.97 Å². The zero-order valence-corrected chi connectivity index (χ0v) is 12.0. The maximum Gasteiger partial charge on any atom is 0.333 e. The van der Waals surface area contributed by atoms with Crippen LogP contribution in [0.25, 0.3) is 0 Å². The van der Waals surface area contributed by atoms with E-state index in [0.29, 0.717) is 5.57 Å². The smallest absolute Gasteiger partial charge is 0.333 e. The molecule has 1 aliphatic rings. The summed E-state index contributed by atoms with van der Waals surface area (Å²) in [6, 6.07) is 1.82. The lowest BCUT2D eigenvalue weighted by atomic mass is 10.2. The molecule has 0 amide bonds. The minimum Gasteiger partial charge on any atom is -0.466 e. The van der Waals surface area contributed by atoms with Crippen LogP contribution in [0.1, 0.15) is 6.92 Å². The fraction of sp³-hybridized carbons (Fsp3) is 0.500. The molecule has 2 heterocycles. The average Bonchev–Trinajstić information content (AvgIpc) is 2.53. The van der Waals surface area contributed by atoms with Gasteiger partial charge in [0.15, 0.2) is 0 Å². The SMILES string of the molecule is COC(=O)C(C)=CCN1CCN(c2ncccn2)CC1. The summed E-state index contributed by atoms with van der Waals surface area (Å²) in [5, 5.41) is 0. The molecule has 2 rings (SSSR count). The Hall–Kier alpha value is -1.95. The van der Waals surface area contributed by atoms with Gasteiger partial charge in [-0.25, -0.2) is 14.8 Å². The molecule has 0 N–H and O–H groups in total. The Morgan fingerprint density at radius 1 is 1.30 bits per heavy atom. The van der Waals surface area contributed by atoms with Crippen molar-refractivity contribution in [2.45, 2.75) is 6.92 Å². The molecule has 6 nitrogen and oxygen atoms in total. The molecule has 0 aromatic carbocycles. The highest BCUT2D eigenvalue weighted by atomic mass is 16.5. The van der Waals surface area contributed by atoms with Gasteiger partial charge in [0, 0.05) is 50.7 Å². The molecule has 20 heavy (non-hydrogen) atoms. The molecule has 0 bridgehead atoms. The molecule has 0 unspecified atom stereocenters. The van der Waals surface area contributed by atoms with E-state index >= 15 is 0 Å². The lowest BCUT2D eigenvalue weighted by Gasteiger charge is -2.34. The summed E-state index contributed by atoms with van der Waals surface area (Å²) in [5.74, 6) is 0.523. The summed E-state index contributed by atoms with van der Waals surface area (Å²) in [6.45, 7) is 6.21. The van der Waals surface area contributed by atoms with E-state index in [1.54, 1.807) is 19.3 Å². The predicted molar refractivity (Wildman–Crippen MR) is 76.5 cm³/mol. The van der Waals surface area contributed by atoms with Gasteiger partial charge in [0.25, 0.3) is 0 Å². The van der Waals surface area contributed by atoms with E-state index < -0.39 is 0 Å². The Bertz CT molecular complexity index is 467. The van der Waals surface area contributed by atoms with E-state index in [1.165, 1.54) is 7.11 Å². The highest BCUT2D eigenvalue weighted by Crippen LogP contribution is 2.09. The van der Waals surface area contributed by atoms with Gasteiger partial charge < -0.3 is 9.64 Å². The van der Waals surface area contributed by atoms with E-state index in [1.807, 2.05) is 12.1 Å². The number of hydrogen-bond donors (Lipinski definition) is 0. The van der Waals surface area contributed by atoms with Gasteiger partial charge in [0.05, 0.1) is 7.11 Å². The number of nitrogens with zero attached hydrogens (tertiary/aromatic N) is 4. The highest BCUT2D eigenvalue weighted by molar-refractivity contribution is 5.87. The molecule has 1 saturated heterocycles. The second kappa shape index (κ2) is 7.00. The molecule has 1 fully saturated rings. The van der Waals surface area contributed by atoms with Gasteiger partial charge in [-0.05, 0) is 13.0 Å². The maximum atomic E-state index is 11.3. The normalized spacial score (nSPS) is 17.1. The number of carbonyl (C=O) groups is 1. The van der Waals surface area contributed by atoms with Crippen molar-refractivity contribution in [3.05, 3.63) is 30.1 Å². The third-order valence-corrected chi connectivity index (χ3v) is 3.37. The van der Waals surface area contributed by atoms with Crippen LogP contribution in [0, 0.1) is 0 Å². The van der Waals surface area contributed by atoms with Crippen molar-refractivity contribution in [2.24, 2.45) is 0 Å². The van der Waals surface area contributed by atoms with Crippen LogP contribution in [0.4, 0.5) is 5.95 Å². The topological polar surface area (TPSA) is 58.6 Å². The molecular formula is C14H20N4O2. The third kappa shape index (κ3) is 3.77. The number of hydrogen-bond acceptors (Lipinski definition) is 6. The number of esters is 1. The van der Waals surface area contributed by atoms with Gasteiger partial charge in [-0.1, -0.05) is 6.08 Å². The molecule has 6 heteroatoms. The Morgan fingerprint density at radius 3 is 2.55 bits per heavy atom. The van der Waals surface area contributed by atoms with Crippen molar-refractivity contribution in [3.63, 3.8) is 0 Å². The second-order valence-corrected chi connectivity index (χ2v) is 4.72. The molecule has 1 aromatic heterocycles. The lowest BCUT2D eigenvalue weighted by molar-refractivity contribution is -0.136. The number of carbonyl (C=O) groups excluding carboxylic acids is 1. The zero-order chi connectivity index (χ0) is 14.4. The Kier molecular flexibility index (Phi) is 5.06. The summed E-state index contributed by atoms with van der Waals surface area (Å²) < 4.78 is 4.68. The first-order valence-corrected chi connectivity index (χ1v) is 6.70. The molecule has 0 spiro atoms. The van der Waals surface area contributed by atoms with E-state index in [0.717, 1.165) is 38.7 Å². The Labute approximate surface area is 119 Å². The monoisotopic (exact) mass is 276 g/mol. The van der Waals surface area contributed by atoms with Crippen LogP contribution in [0.3, 0.4) is 0 Å². The number of methoxy groups -OCH3 is 1. The molecule has 0 saturated carbocycles. The summed E-state index contributed by atoms with van der Waals surface area (Å²) >= 11 is 0. The van der Waals surface area contributed by atoms with Crippen LogP contribution >= 0.6 is 0 Å². The van der Waals surface area contributed by atoms with Crippen molar-refractivity contribution in [1.29, 1.82) is 0 Å². The lowest BCUT2D eigenvalue weighted by Crippen LogP contribution is -2.47. The number of rotatable bonds is 4. The van der Waals surface area contributed by atoms with E-state index in [2.05, 4.69) is 24.5 Å². The maximum absolute atomic E-state index is 11.3. The molecule has 1 aliphatic heterocycles. The standard InChI is InChI=1S/C14H20N4O2/c1-12(13(19)20-2)4-7-17-8-10-18(11-9-17)14-15-5-3-6-16-14/h3-6H,7-11H2,1-2H3. The fourth-order valence-electron chi connectivity index (χ4n) is 2.10. The molecular weight excluding hydrogens is 256 g/mol. The van der Waals surface area contributed by atoms with Crippen molar-refractivity contribution in [3.8, 4) is 0 Å². The first-order chi connectivity index (χ1) is 9.70. The highest BCUT2D eigenvalue weighted by Gasteiger charge is 2.18. The average molecular weight is 276 g/mol. The van der Waals surface area contributed by atoms with Gasteiger partial charge in [0.1, 0.15) is 0 Å². The van der Waals surface area contributed by atoms with Crippen molar-refractivity contribution >= 4 is 11.9 Å². The van der Waals surface area contributed by atoms with E-state index in [4.69, 9.17) is 0 Å². The first kappa shape index (κ1) is 14.5. The van der Waals surface area contributed by atoms with E-state index in [9.17, 15) is 4.79 Å². The Balaban J connectivity index is 1.82. The third-order valence-electron chi connectivity index (χ3n) is 3.37. The van der Waals surface area contributed by atoms with Crippen molar-refractivity contribution in [2.75, 3.05) is 44.7 Å².